The van der Waals surface area contributed by atoms with Gasteiger partial charge in [0.15, 0.2) is 0 Å². The highest BCUT2D eigenvalue weighted by molar-refractivity contribution is 7.86. The summed E-state index contributed by atoms with van der Waals surface area (Å²) in [5, 5.41) is 1.51. The van der Waals surface area contributed by atoms with E-state index in [-0.39, 0.29) is 11.5 Å². The van der Waals surface area contributed by atoms with Gasteiger partial charge in [-0.05, 0) is 11.4 Å². The average Bonchev–Trinajstić information content (AvgIpc) is 2.34. The fourth-order valence-electron chi connectivity index (χ4n) is 0.782. The number of thiophene rings is 1. The van der Waals surface area contributed by atoms with Gasteiger partial charge in [0.2, 0.25) is 0 Å². The third-order valence-electron chi connectivity index (χ3n) is 1.24. The maximum atomic E-state index is 12.5. The lowest BCUT2D eigenvalue weighted by Gasteiger charge is -1.96. The Hall–Kier alpha value is -0.460. The van der Waals surface area contributed by atoms with E-state index >= 15 is 0 Å². The van der Waals surface area contributed by atoms with Gasteiger partial charge in [-0.1, -0.05) is 0 Å². The standard InChI is InChI=1S/C6H7FO3S2/c1-10-4-5-6(2-3-11-5)12(7,8)9/h2-3H,4H2,1H3. The molecule has 0 aliphatic heterocycles. The molecule has 1 rings (SSSR count). The van der Waals surface area contributed by atoms with Gasteiger partial charge < -0.3 is 4.74 Å². The first-order valence-electron chi connectivity index (χ1n) is 3.05. The summed E-state index contributed by atoms with van der Waals surface area (Å²) in [5.41, 5.74) is 0. The topological polar surface area (TPSA) is 43.4 Å². The monoisotopic (exact) mass is 210 g/mol. The molecule has 0 saturated heterocycles. The molecule has 1 aromatic heterocycles. The molecule has 0 aliphatic rings. The van der Waals surface area contributed by atoms with Crippen molar-refractivity contribution in [2.24, 2.45) is 0 Å². The van der Waals surface area contributed by atoms with Crippen LogP contribution in [0.1, 0.15) is 4.88 Å². The molecule has 0 aromatic carbocycles. The summed E-state index contributed by atoms with van der Waals surface area (Å²) < 4.78 is 38.1. The predicted molar refractivity (Wildman–Crippen MR) is 43.3 cm³/mol. The molecule has 0 spiro atoms. The van der Waals surface area contributed by atoms with E-state index in [1.165, 1.54) is 18.6 Å². The molecular weight excluding hydrogens is 203 g/mol. The molecule has 6 heteroatoms. The first-order chi connectivity index (χ1) is 5.55. The lowest BCUT2D eigenvalue weighted by Crippen LogP contribution is -1.95. The number of ether oxygens (including phenoxy) is 1. The zero-order valence-corrected chi connectivity index (χ0v) is 7.91. The maximum absolute atomic E-state index is 12.5. The fourth-order valence-corrected chi connectivity index (χ4v) is 2.61. The molecule has 0 fully saturated rings. The summed E-state index contributed by atoms with van der Waals surface area (Å²) in [7, 11) is -3.16. The van der Waals surface area contributed by atoms with E-state index in [9.17, 15) is 12.3 Å². The highest BCUT2D eigenvalue weighted by atomic mass is 32.3. The average molecular weight is 210 g/mol. The van der Waals surface area contributed by atoms with Crippen molar-refractivity contribution in [1.29, 1.82) is 0 Å². The van der Waals surface area contributed by atoms with Gasteiger partial charge in [-0.2, -0.15) is 8.42 Å². The maximum Gasteiger partial charge on any atom is 0.333 e. The molecule has 0 aliphatic carbocycles. The summed E-state index contributed by atoms with van der Waals surface area (Å²) in [6, 6.07) is 1.23. The van der Waals surface area contributed by atoms with Gasteiger partial charge in [0, 0.05) is 7.11 Å². The van der Waals surface area contributed by atoms with Crippen LogP contribution in [0.2, 0.25) is 0 Å². The Morgan fingerprint density at radius 1 is 1.67 bits per heavy atom. The van der Waals surface area contributed by atoms with Crippen LogP contribution in [0.15, 0.2) is 16.3 Å². The van der Waals surface area contributed by atoms with Gasteiger partial charge in [-0.25, -0.2) is 0 Å². The van der Waals surface area contributed by atoms with Crippen LogP contribution in [0.4, 0.5) is 3.89 Å². The summed E-state index contributed by atoms with van der Waals surface area (Å²) in [5.74, 6) is 0. The minimum Gasteiger partial charge on any atom is -0.379 e. The van der Waals surface area contributed by atoms with E-state index in [0.29, 0.717) is 4.88 Å². The molecule has 3 nitrogen and oxygen atoms in total. The third kappa shape index (κ3) is 2.02. The van der Waals surface area contributed by atoms with E-state index in [1.807, 2.05) is 0 Å². The van der Waals surface area contributed by atoms with Crippen LogP contribution in [-0.2, 0) is 21.6 Å². The third-order valence-corrected chi connectivity index (χ3v) is 3.17. The smallest absolute Gasteiger partial charge is 0.333 e. The van der Waals surface area contributed by atoms with Gasteiger partial charge in [0.25, 0.3) is 0 Å². The summed E-state index contributed by atoms with van der Waals surface area (Å²) >= 11 is 1.16. The normalized spacial score (nSPS) is 11.8. The largest absolute Gasteiger partial charge is 0.379 e. The number of rotatable bonds is 3. The second-order valence-electron chi connectivity index (χ2n) is 2.08. The Bertz CT molecular complexity index is 355. The van der Waals surface area contributed by atoms with E-state index < -0.39 is 10.2 Å². The molecule has 0 saturated carbocycles. The SMILES string of the molecule is COCc1sccc1S(=O)(=O)F. The minimum absolute atomic E-state index is 0.121. The van der Waals surface area contributed by atoms with Crippen LogP contribution in [-0.4, -0.2) is 15.5 Å². The van der Waals surface area contributed by atoms with E-state index in [2.05, 4.69) is 0 Å². The van der Waals surface area contributed by atoms with Gasteiger partial charge >= 0.3 is 10.2 Å². The van der Waals surface area contributed by atoms with E-state index in [0.717, 1.165) is 11.3 Å². The van der Waals surface area contributed by atoms with Crippen molar-refractivity contribution in [3.63, 3.8) is 0 Å². The predicted octanol–water partition coefficient (Wildman–Crippen LogP) is 1.55. The van der Waals surface area contributed by atoms with Crippen LogP contribution in [0.25, 0.3) is 0 Å². The quantitative estimate of drug-likeness (QED) is 0.711. The van der Waals surface area contributed by atoms with E-state index in [4.69, 9.17) is 4.74 Å². The first kappa shape index (κ1) is 9.63. The second kappa shape index (κ2) is 3.51. The Kier molecular flexibility index (Phi) is 2.81. The van der Waals surface area contributed by atoms with Crippen LogP contribution < -0.4 is 0 Å². The van der Waals surface area contributed by atoms with Crippen LogP contribution in [0.3, 0.4) is 0 Å². The van der Waals surface area contributed by atoms with Crippen molar-refractivity contribution in [2.75, 3.05) is 7.11 Å². The van der Waals surface area contributed by atoms with Gasteiger partial charge in [0.05, 0.1) is 11.5 Å². The summed E-state index contributed by atoms with van der Waals surface area (Å²) in [6.07, 6.45) is 0. The number of methoxy groups -OCH3 is 1. The molecule has 0 unspecified atom stereocenters. The Morgan fingerprint density at radius 3 is 2.83 bits per heavy atom. The molecular formula is C6H7FO3S2. The van der Waals surface area contributed by atoms with Crippen LogP contribution >= 0.6 is 11.3 Å². The van der Waals surface area contributed by atoms with Crippen LogP contribution in [0, 0.1) is 0 Å². The number of hydrogen-bond acceptors (Lipinski definition) is 4. The zero-order valence-electron chi connectivity index (χ0n) is 6.28. The highest BCUT2D eigenvalue weighted by Crippen LogP contribution is 2.23. The fraction of sp³-hybridized carbons (Fsp3) is 0.333. The molecule has 0 radical (unpaired) electrons. The lowest BCUT2D eigenvalue weighted by atomic mass is 10.5. The van der Waals surface area contributed by atoms with Crippen molar-refractivity contribution in [1.82, 2.24) is 0 Å². The molecule has 1 aromatic rings. The van der Waals surface area contributed by atoms with Crippen molar-refractivity contribution in [3.05, 3.63) is 16.3 Å². The lowest BCUT2D eigenvalue weighted by molar-refractivity contribution is 0.185. The number of hydrogen-bond donors (Lipinski definition) is 0. The Balaban J connectivity index is 3.08. The summed E-state index contributed by atoms with van der Waals surface area (Å²) in [6.45, 7) is 0.121. The van der Waals surface area contributed by atoms with Crippen molar-refractivity contribution in [2.45, 2.75) is 11.5 Å². The van der Waals surface area contributed by atoms with Crippen molar-refractivity contribution >= 4 is 21.6 Å². The Labute approximate surface area is 74.0 Å². The molecule has 0 N–H and O–H groups in total. The van der Waals surface area contributed by atoms with Gasteiger partial charge in [0.1, 0.15) is 4.90 Å². The second-order valence-corrected chi connectivity index (χ2v) is 4.40. The zero-order chi connectivity index (χ0) is 9.19. The van der Waals surface area contributed by atoms with Crippen molar-refractivity contribution in [3.8, 4) is 0 Å². The minimum atomic E-state index is -4.58. The molecule has 0 amide bonds. The molecule has 0 bridgehead atoms. The first-order valence-corrected chi connectivity index (χ1v) is 5.32. The molecule has 1 heterocycles. The molecule has 68 valence electrons. The molecule has 12 heavy (non-hydrogen) atoms. The summed E-state index contributed by atoms with van der Waals surface area (Å²) in [4.78, 5) is 0.106. The van der Waals surface area contributed by atoms with Crippen molar-refractivity contribution < 1.29 is 17.0 Å². The molecule has 0 atom stereocenters. The van der Waals surface area contributed by atoms with Gasteiger partial charge in [-0.15, -0.1) is 15.2 Å². The van der Waals surface area contributed by atoms with Crippen LogP contribution in [0.5, 0.6) is 0 Å². The van der Waals surface area contributed by atoms with Gasteiger partial charge in [-0.3, -0.25) is 0 Å². The van der Waals surface area contributed by atoms with E-state index in [1.54, 1.807) is 0 Å². The number of halogens is 1. The Morgan fingerprint density at radius 2 is 2.33 bits per heavy atom. The highest BCUT2D eigenvalue weighted by Gasteiger charge is 2.17.